The van der Waals surface area contributed by atoms with E-state index in [1.165, 1.54) is 6.92 Å². The van der Waals surface area contributed by atoms with Gasteiger partial charge in [0, 0.05) is 41.6 Å². The summed E-state index contributed by atoms with van der Waals surface area (Å²) < 4.78 is 47.9. The largest absolute Gasteiger partial charge is 0.455 e. The summed E-state index contributed by atoms with van der Waals surface area (Å²) in [5.74, 6) is -5.95. The van der Waals surface area contributed by atoms with Crippen LogP contribution in [-0.2, 0) is 38.1 Å². The number of fused-ring (bicyclic) bond motifs is 2. The van der Waals surface area contributed by atoms with Crippen molar-refractivity contribution in [1.82, 2.24) is 20.2 Å². The Morgan fingerprint density at radius 1 is 1.09 bits per heavy atom. The second-order valence-electron chi connectivity index (χ2n) is 16.8. The van der Waals surface area contributed by atoms with E-state index in [0.29, 0.717) is 18.5 Å². The quantitative estimate of drug-likeness (QED) is 0.257. The number of aromatic nitrogens is 2. The van der Waals surface area contributed by atoms with Crippen molar-refractivity contribution in [2.24, 2.45) is 17.8 Å². The number of hydrogen-bond donors (Lipinski definition) is 2. The summed E-state index contributed by atoms with van der Waals surface area (Å²) in [6.07, 6.45) is 1.69. The lowest BCUT2D eigenvalue weighted by Gasteiger charge is -2.47. The summed E-state index contributed by atoms with van der Waals surface area (Å²) in [5.41, 5.74) is -4.95. The molecule has 13 atom stereocenters. The number of likely N-dealkylation sites (N-methyl/N-ethyl adjacent to an activating group) is 1. The number of alkyl halides is 1. The Kier molecular flexibility index (Phi) is 13.6. The van der Waals surface area contributed by atoms with E-state index >= 15 is 4.39 Å². The molecule has 57 heavy (non-hydrogen) atoms. The van der Waals surface area contributed by atoms with Crippen LogP contribution < -0.4 is 5.32 Å². The van der Waals surface area contributed by atoms with E-state index < -0.39 is 83.1 Å². The molecule has 0 radical (unpaired) electrons. The summed E-state index contributed by atoms with van der Waals surface area (Å²) in [6, 6.07) is 4.28. The van der Waals surface area contributed by atoms with E-state index in [9.17, 15) is 24.3 Å². The van der Waals surface area contributed by atoms with Crippen LogP contribution in [-0.4, -0.2) is 124 Å². The Labute approximate surface area is 334 Å². The molecule has 0 aliphatic carbocycles. The van der Waals surface area contributed by atoms with Crippen molar-refractivity contribution < 1.29 is 52.4 Å². The van der Waals surface area contributed by atoms with E-state index in [4.69, 9.17) is 23.7 Å². The number of aliphatic hydroxyl groups is 1. The van der Waals surface area contributed by atoms with Crippen LogP contribution in [0.1, 0.15) is 86.6 Å². The van der Waals surface area contributed by atoms with Crippen LogP contribution in [0.15, 0.2) is 36.7 Å². The third-order valence-electron chi connectivity index (χ3n) is 12.0. The zero-order chi connectivity index (χ0) is 42.0. The summed E-state index contributed by atoms with van der Waals surface area (Å²) >= 11 is 0. The average molecular weight is 799 g/mol. The number of pyridine rings is 2. The lowest BCUT2D eigenvalue weighted by atomic mass is 9.73. The number of halogens is 1. The van der Waals surface area contributed by atoms with Gasteiger partial charge >= 0.3 is 12.1 Å². The van der Waals surface area contributed by atoms with Gasteiger partial charge in [0.25, 0.3) is 5.67 Å². The van der Waals surface area contributed by atoms with E-state index in [0.717, 1.165) is 17.9 Å². The van der Waals surface area contributed by atoms with Crippen LogP contribution in [0.3, 0.4) is 0 Å². The normalized spacial score (nSPS) is 38.5. The Morgan fingerprint density at radius 3 is 2.49 bits per heavy atom. The summed E-state index contributed by atoms with van der Waals surface area (Å²) in [6.45, 7) is 12.5. The molecule has 0 unspecified atom stereocenters. The van der Waals surface area contributed by atoms with Crippen LogP contribution in [0.2, 0.25) is 0 Å². The van der Waals surface area contributed by atoms with Gasteiger partial charge in [0.05, 0.1) is 30.5 Å². The smallest absolute Gasteiger partial charge is 0.408 e. The van der Waals surface area contributed by atoms with Crippen LogP contribution in [0.4, 0.5) is 9.18 Å². The molecular weight excluding hydrogens is 739 g/mol. The number of carbonyl (C=O) groups excluding carboxylic acids is 4. The highest BCUT2D eigenvalue weighted by atomic mass is 19.1. The van der Waals surface area contributed by atoms with E-state index in [-0.39, 0.29) is 37.4 Å². The highest BCUT2D eigenvalue weighted by Crippen LogP contribution is 2.41. The number of nitrogens with zero attached hydrogens (tertiary/aromatic N) is 3. The Hall–Kier alpha value is -3.89. The highest BCUT2D eigenvalue weighted by Gasteiger charge is 2.59. The fraction of sp³-hybridized carbons (Fsp3) is 0.667. The van der Waals surface area contributed by atoms with Gasteiger partial charge in [-0.25, -0.2) is 23.9 Å². The number of Topliss-reactive ketones (excluding diaryl/α,β-unsaturated/α-hetero) is 2. The first-order valence-corrected chi connectivity index (χ1v) is 19.9. The molecule has 3 fully saturated rings. The van der Waals surface area contributed by atoms with Crippen molar-refractivity contribution in [3.8, 4) is 0 Å². The van der Waals surface area contributed by atoms with Crippen LogP contribution in [0, 0.1) is 17.8 Å². The zero-order valence-corrected chi connectivity index (χ0v) is 34.7. The molecule has 0 saturated carbocycles. The second kappa shape index (κ2) is 17.5. The summed E-state index contributed by atoms with van der Waals surface area (Å²) in [4.78, 5) is 66.1. The molecule has 5 rings (SSSR count). The minimum Gasteiger partial charge on any atom is -0.455 e. The van der Waals surface area contributed by atoms with Gasteiger partial charge in [-0.3, -0.25) is 9.59 Å². The van der Waals surface area contributed by atoms with Gasteiger partial charge in [0.1, 0.15) is 18.0 Å². The molecule has 3 aliphatic rings. The van der Waals surface area contributed by atoms with Gasteiger partial charge in [0.15, 0.2) is 23.3 Å². The van der Waals surface area contributed by atoms with Gasteiger partial charge < -0.3 is 39.0 Å². The first kappa shape index (κ1) is 44.2. The molecule has 3 saturated heterocycles. The van der Waals surface area contributed by atoms with Crippen molar-refractivity contribution in [3.05, 3.63) is 42.2 Å². The molecule has 14 nitrogen and oxygen atoms in total. The molecule has 2 N–H and O–H groups in total. The van der Waals surface area contributed by atoms with Crippen LogP contribution in [0.25, 0.3) is 17.1 Å². The monoisotopic (exact) mass is 798 g/mol. The zero-order valence-electron chi connectivity index (χ0n) is 34.7. The number of esters is 1. The lowest BCUT2D eigenvalue weighted by Crippen LogP contribution is -2.61. The molecular formula is C42H59FN4O10. The Balaban J connectivity index is 1.59. The molecule has 0 bridgehead atoms. The molecule has 3 aliphatic heterocycles. The number of nitrogens with one attached hydrogen (secondary N) is 1. The molecule has 0 aromatic carbocycles. The molecule has 2 aromatic rings. The third-order valence-corrected chi connectivity index (χ3v) is 12.0. The molecule has 15 heteroatoms. The number of amides is 1. The molecule has 314 valence electrons. The summed E-state index contributed by atoms with van der Waals surface area (Å²) in [7, 11) is 3.64. The number of alkyl carbamates (subject to hydrolysis) is 1. The fourth-order valence-electron chi connectivity index (χ4n) is 8.75. The minimum atomic E-state index is -3.20. The standard InChI is InChI=1S/C42H59FN4O10/c1-11-14-30-42(8)33(46-39(52)57-42)25(4)31(48)23(2)21-40(6,53-18-13-15-27-20-28-16-12-17-44-36(28)45-22-27)35(26(5)34(50)41(7,43)38(51)55-30)56-37-32(49)29(47(9)10)19-24(3)54-37/h12-13,15-17,20,22-26,29-30,32-33,35,37,49H,11,14,18-19,21H2,1-10H3,(H,46,52)/b15-13+/t23-,24-,25+,26+,29+,30-,32-,33+,35-,37+,40-,41+,42-/m1/s1. The average Bonchev–Trinajstić information content (AvgIpc) is 3.48. The van der Waals surface area contributed by atoms with Crippen molar-refractivity contribution in [2.75, 3.05) is 20.7 Å². The maximum atomic E-state index is 17.0. The number of aliphatic hydroxyl groups excluding tert-OH is 1. The number of ketones is 2. The van der Waals surface area contributed by atoms with E-state index in [2.05, 4.69) is 15.3 Å². The van der Waals surface area contributed by atoms with Crippen LogP contribution in [0.5, 0.6) is 0 Å². The van der Waals surface area contributed by atoms with Crippen molar-refractivity contribution >= 4 is 40.7 Å². The Bertz CT molecular complexity index is 1830. The predicted octanol–water partition coefficient (Wildman–Crippen LogP) is 4.99. The SMILES string of the molecule is CCC[C@H]1OC(=O)[C@@](C)(F)C(=O)[C@H](C)[C@@H](O[C@@H]2O[C@H](C)C[C@H](N(C)C)[C@H]2O)[C@](C)(OC/C=C/c2cnc3ncccc3c2)C[C@@H](C)C(=O)[C@H](C)[C@@H]2NC(=O)O[C@]12C. The first-order chi connectivity index (χ1) is 26.7. The minimum absolute atomic E-state index is 0.0466. The van der Waals surface area contributed by atoms with Gasteiger partial charge in [0.2, 0.25) is 0 Å². The number of carbonyl (C=O) groups is 4. The number of ether oxygens (including phenoxy) is 5. The summed E-state index contributed by atoms with van der Waals surface area (Å²) in [5, 5.41) is 15.1. The number of hydrogen-bond acceptors (Lipinski definition) is 13. The van der Waals surface area contributed by atoms with E-state index in [1.807, 2.05) is 51.0 Å². The van der Waals surface area contributed by atoms with E-state index in [1.54, 1.807) is 52.2 Å². The highest BCUT2D eigenvalue weighted by molar-refractivity contribution is 6.08. The Morgan fingerprint density at radius 2 is 1.81 bits per heavy atom. The maximum absolute atomic E-state index is 17.0. The van der Waals surface area contributed by atoms with Crippen molar-refractivity contribution in [1.29, 1.82) is 0 Å². The second-order valence-corrected chi connectivity index (χ2v) is 16.8. The number of rotatable bonds is 9. The van der Waals surface area contributed by atoms with Gasteiger partial charge in [-0.1, -0.05) is 46.3 Å². The van der Waals surface area contributed by atoms with Gasteiger partial charge in [-0.05, 0) is 84.8 Å². The topological polar surface area (TPSA) is 176 Å². The number of cyclic esters (lactones) is 1. The van der Waals surface area contributed by atoms with Gasteiger partial charge in [-0.15, -0.1) is 0 Å². The molecule has 2 aromatic heterocycles. The molecule has 5 heterocycles. The third kappa shape index (κ3) is 9.22. The molecule has 0 spiro atoms. The predicted molar refractivity (Wildman–Crippen MR) is 208 cm³/mol. The maximum Gasteiger partial charge on any atom is 0.408 e. The van der Waals surface area contributed by atoms with Crippen LogP contribution >= 0.6 is 0 Å². The lowest BCUT2D eigenvalue weighted by molar-refractivity contribution is -0.297. The fourth-order valence-corrected chi connectivity index (χ4v) is 8.75. The van der Waals surface area contributed by atoms with Crippen molar-refractivity contribution in [3.63, 3.8) is 0 Å². The van der Waals surface area contributed by atoms with Crippen molar-refractivity contribution in [2.45, 2.75) is 141 Å². The molecule has 1 amide bonds. The first-order valence-electron chi connectivity index (χ1n) is 19.9. The van der Waals surface area contributed by atoms with Gasteiger partial charge in [-0.2, -0.15) is 0 Å².